The van der Waals surface area contributed by atoms with Gasteiger partial charge in [0.2, 0.25) is 5.91 Å². The number of hydrogen-bond acceptors (Lipinski definition) is 3. The summed E-state index contributed by atoms with van der Waals surface area (Å²) in [7, 11) is 0. The average Bonchev–Trinajstić information content (AvgIpc) is 3.11. The van der Waals surface area contributed by atoms with E-state index in [0.717, 1.165) is 11.5 Å². The van der Waals surface area contributed by atoms with Gasteiger partial charge in [0, 0.05) is 17.5 Å². The maximum absolute atomic E-state index is 11.3. The zero-order valence-electron chi connectivity index (χ0n) is 10.7. The lowest BCUT2D eigenvalue weighted by atomic mass is 10.2. The van der Waals surface area contributed by atoms with Crippen LogP contribution in [0.4, 0.5) is 0 Å². The Balaban J connectivity index is 1.77. The van der Waals surface area contributed by atoms with Crippen molar-refractivity contribution in [3.05, 3.63) is 35.4 Å². The summed E-state index contributed by atoms with van der Waals surface area (Å²) in [5, 5.41) is 3.29. The number of aryl methyl sites for hydroxylation is 1. The summed E-state index contributed by atoms with van der Waals surface area (Å²) in [6.45, 7) is 2.09. The van der Waals surface area contributed by atoms with Gasteiger partial charge in [0.15, 0.2) is 0 Å². The Kier molecular flexibility index (Phi) is 4.66. The predicted molar refractivity (Wildman–Crippen MR) is 76.5 cm³/mol. The molecule has 18 heavy (non-hydrogen) atoms. The van der Waals surface area contributed by atoms with E-state index in [0.29, 0.717) is 6.04 Å². The third-order valence-corrected chi connectivity index (χ3v) is 4.10. The quantitative estimate of drug-likeness (QED) is 0.790. The van der Waals surface area contributed by atoms with Crippen molar-refractivity contribution >= 4 is 17.7 Å². The summed E-state index contributed by atoms with van der Waals surface area (Å²) in [6.07, 6.45) is 2.35. The van der Waals surface area contributed by atoms with Crippen molar-refractivity contribution in [2.45, 2.75) is 37.6 Å². The first-order valence-corrected chi connectivity index (χ1v) is 7.49. The molecule has 0 heterocycles. The Morgan fingerprint density at radius 3 is 2.94 bits per heavy atom. The van der Waals surface area contributed by atoms with E-state index in [-0.39, 0.29) is 11.9 Å². The summed E-state index contributed by atoms with van der Waals surface area (Å²) in [4.78, 5) is 11.3. The number of carbonyl (C=O) groups is 1. The Bertz CT molecular complexity index is 418. The highest BCUT2D eigenvalue weighted by Gasteiger charge is 2.26. The molecule has 1 saturated carbocycles. The van der Waals surface area contributed by atoms with Crippen LogP contribution in [-0.2, 0) is 10.5 Å². The lowest BCUT2D eigenvalue weighted by Crippen LogP contribution is -2.44. The van der Waals surface area contributed by atoms with E-state index in [9.17, 15) is 4.79 Å². The van der Waals surface area contributed by atoms with E-state index < -0.39 is 0 Å². The first-order chi connectivity index (χ1) is 8.65. The molecule has 1 amide bonds. The van der Waals surface area contributed by atoms with E-state index in [4.69, 9.17) is 5.73 Å². The number of amides is 1. The van der Waals surface area contributed by atoms with Gasteiger partial charge in [-0.25, -0.2) is 0 Å². The van der Waals surface area contributed by atoms with Gasteiger partial charge in [-0.2, -0.15) is 11.8 Å². The van der Waals surface area contributed by atoms with Crippen LogP contribution in [-0.4, -0.2) is 23.7 Å². The second-order valence-electron chi connectivity index (χ2n) is 4.90. The molecule has 0 radical (unpaired) electrons. The summed E-state index contributed by atoms with van der Waals surface area (Å²) in [6, 6.07) is 8.79. The molecule has 1 unspecified atom stereocenters. The number of carbonyl (C=O) groups excluding carboxylic acids is 1. The maximum Gasteiger partial charge on any atom is 0.235 e. The van der Waals surface area contributed by atoms with Gasteiger partial charge in [-0.15, -0.1) is 0 Å². The molecule has 0 aliphatic heterocycles. The van der Waals surface area contributed by atoms with Crippen LogP contribution in [0.2, 0.25) is 0 Å². The van der Waals surface area contributed by atoms with Crippen molar-refractivity contribution in [3.8, 4) is 0 Å². The van der Waals surface area contributed by atoms with Crippen LogP contribution in [0.3, 0.4) is 0 Å². The standard InChI is InChI=1S/C14H20N2OS/c1-10-3-2-4-11(7-10)8-18-9-13(14(15)17)16-12-5-6-12/h2-4,7,12-13,16H,5-6,8-9H2,1H3,(H2,15,17). The van der Waals surface area contributed by atoms with Gasteiger partial charge in [-0.05, 0) is 25.3 Å². The first-order valence-electron chi connectivity index (χ1n) is 6.34. The van der Waals surface area contributed by atoms with Crippen LogP contribution in [0.25, 0.3) is 0 Å². The average molecular weight is 264 g/mol. The Labute approximate surface area is 113 Å². The number of hydrogen-bond donors (Lipinski definition) is 2. The Hall–Kier alpha value is -1.00. The third kappa shape index (κ3) is 4.35. The molecule has 4 heteroatoms. The Morgan fingerprint density at radius 1 is 1.56 bits per heavy atom. The highest BCUT2D eigenvalue weighted by atomic mass is 32.2. The molecular formula is C14H20N2OS. The molecule has 1 aromatic rings. The maximum atomic E-state index is 11.3. The van der Waals surface area contributed by atoms with Gasteiger partial charge < -0.3 is 11.1 Å². The molecule has 0 aromatic heterocycles. The number of rotatable bonds is 7. The van der Waals surface area contributed by atoms with Gasteiger partial charge in [-0.1, -0.05) is 29.8 Å². The van der Waals surface area contributed by atoms with Gasteiger partial charge in [-0.3, -0.25) is 4.79 Å². The van der Waals surface area contributed by atoms with Crippen LogP contribution in [0.15, 0.2) is 24.3 Å². The van der Waals surface area contributed by atoms with E-state index >= 15 is 0 Å². The van der Waals surface area contributed by atoms with Crippen LogP contribution in [0.1, 0.15) is 24.0 Å². The third-order valence-electron chi connectivity index (χ3n) is 2.99. The minimum absolute atomic E-state index is 0.188. The molecule has 1 fully saturated rings. The molecule has 1 aromatic carbocycles. The number of nitrogens with one attached hydrogen (secondary N) is 1. The molecule has 0 bridgehead atoms. The predicted octanol–water partition coefficient (Wildman–Crippen LogP) is 1.83. The van der Waals surface area contributed by atoms with Gasteiger partial charge >= 0.3 is 0 Å². The molecular weight excluding hydrogens is 244 g/mol. The zero-order valence-corrected chi connectivity index (χ0v) is 11.5. The van der Waals surface area contributed by atoms with Crippen molar-refractivity contribution in [1.29, 1.82) is 0 Å². The van der Waals surface area contributed by atoms with Crippen LogP contribution in [0.5, 0.6) is 0 Å². The molecule has 1 aliphatic rings. The minimum atomic E-state index is -0.237. The van der Waals surface area contributed by atoms with Crippen molar-refractivity contribution in [2.75, 3.05) is 5.75 Å². The smallest absolute Gasteiger partial charge is 0.235 e. The largest absolute Gasteiger partial charge is 0.368 e. The molecule has 0 spiro atoms. The topological polar surface area (TPSA) is 55.1 Å². The highest BCUT2D eigenvalue weighted by Crippen LogP contribution is 2.21. The van der Waals surface area contributed by atoms with Gasteiger partial charge in [0.05, 0.1) is 6.04 Å². The summed E-state index contributed by atoms with van der Waals surface area (Å²) >= 11 is 1.76. The fourth-order valence-corrected chi connectivity index (χ4v) is 2.87. The number of benzene rings is 1. The monoisotopic (exact) mass is 264 g/mol. The fourth-order valence-electron chi connectivity index (χ4n) is 1.84. The minimum Gasteiger partial charge on any atom is -0.368 e. The molecule has 3 N–H and O–H groups in total. The summed E-state index contributed by atoms with van der Waals surface area (Å²) in [5.41, 5.74) is 7.98. The molecule has 2 rings (SSSR count). The number of thioether (sulfide) groups is 1. The van der Waals surface area contributed by atoms with E-state index in [1.165, 1.54) is 24.0 Å². The fraction of sp³-hybridized carbons (Fsp3) is 0.500. The van der Waals surface area contributed by atoms with E-state index in [2.05, 4.69) is 36.5 Å². The van der Waals surface area contributed by atoms with Crippen molar-refractivity contribution in [1.82, 2.24) is 5.32 Å². The van der Waals surface area contributed by atoms with Gasteiger partial charge in [0.1, 0.15) is 0 Å². The molecule has 98 valence electrons. The van der Waals surface area contributed by atoms with Crippen molar-refractivity contribution in [3.63, 3.8) is 0 Å². The van der Waals surface area contributed by atoms with Crippen LogP contribution >= 0.6 is 11.8 Å². The van der Waals surface area contributed by atoms with Crippen LogP contribution < -0.4 is 11.1 Å². The molecule has 3 nitrogen and oxygen atoms in total. The normalized spacial score (nSPS) is 16.5. The lowest BCUT2D eigenvalue weighted by molar-refractivity contribution is -0.119. The second kappa shape index (κ2) is 6.25. The van der Waals surface area contributed by atoms with Crippen LogP contribution in [0, 0.1) is 6.92 Å². The van der Waals surface area contributed by atoms with E-state index in [1.807, 2.05) is 0 Å². The summed E-state index contributed by atoms with van der Waals surface area (Å²) in [5.74, 6) is 1.44. The van der Waals surface area contributed by atoms with Crippen molar-refractivity contribution in [2.24, 2.45) is 5.73 Å². The van der Waals surface area contributed by atoms with E-state index in [1.54, 1.807) is 11.8 Å². The number of primary amides is 1. The molecule has 1 aliphatic carbocycles. The van der Waals surface area contributed by atoms with Gasteiger partial charge in [0.25, 0.3) is 0 Å². The SMILES string of the molecule is Cc1cccc(CSCC(NC2CC2)C(N)=O)c1. The zero-order chi connectivity index (χ0) is 13.0. The lowest BCUT2D eigenvalue weighted by Gasteiger charge is -2.14. The molecule has 0 saturated heterocycles. The highest BCUT2D eigenvalue weighted by molar-refractivity contribution is 7.98. The number of nitrogens with two attached hydrogens (primary N) is 1. The molecule has 1 atom stereocenters. The Morgan fingerprint density at radius 2 is 2.33 bits per heavy atom. The van der Waals surface area contributed by atoms with Crippen molar-refractivity contribution < 1.29 is 4.79 Å². The first kappa shape index (κ1) is 13.4. The summed E-state index contributed by atoms with van der Waals surface area (Å²) < 4.78 is 0. The second-order valence-corrected chi connectivity index (χ2v) is 5.93.